The Morgan fingerprint density at radius 1 is 1.70 bits per heavy atom. The van der Waals surface area contributed by atoms with E-state index in [0.29, 0.717) is 0 Å². The monoisotopic (exact) mass is 139 g/mol. The minimum atomic E-state index is -1.02. The van der Waals surface area contributed by atoms with Crippen molar-refractivity contribution in [2.75, 3.05) is 0 Å². The van der Waals surface area contributed by atoms with E-state index in [4.69, 9.17) is 15.9 Å². The van der Waals surface area contributed by atoms with Crippen molar-refractivity contribution in [2.45, 2.75) is 12.8 Å². The topological polar surface area (TPSA) is 97.5 Å². The molecule has 0 aromatic heterocycles. The minimum Gasteiger partial charge on any atom is -0.481 e. The number of hydrogen-bond acceptors (Lipinski definition) is 2. The molecule has 5 nitrogen and oxygen atoms in total. The van der Waals surface area contributed by atoms with Crippen LogP contribution >= 0.6 is 0 Å². The van der Waals surface area contributed by atoms with Gasteiger partial charge in [-0.2, -0.15) is 10.1 Å². The highest BCUT2D eigenvalue weighted by molar-refractivity contribution is 5.95. The van der Waals surface area contributed by atoms with Crippen molar-refractivity contribution >= 4 is 11.7 Å². The van der Waals surface area contributed by atoms with E-state index in [1.165, 1.54) is 0 Å². The second-order valence-corrected chi connectivity index (χ2v) is 1.55. The second-order valence-electron chi connectivity index (χ2n) is 1.55. The lowest BCUT2D eigenvalue weighted by Crippen LogP contribution is -2.01. The molecule has 0 unspecified atom stereocenters. The van der Waals surface area contributed by atoms with Crippen molar-refractivity contribution in [3.8, 4) is 6.07 Å². The van der Waals surface area contributed by atoms with Gasteiger partial charge in [-0.15, -0.1) is 0 Å². The Morgan fingerprint density at radius 2 is 2.30 bits per heavy atom. The number of hydrogen-bond donors (Lipinski definition) is 1. The van der Waals surface area contributed by atoms with Crippen LogP contribution in [0.2, 0.25) is 0 Å². The molecule has 0 aromatic carbocycles. The van der Waals surface area contributed by atoms with Gasteiger partial charge in [-0.05, 0) is 0 Å². The van der Waals surface area contributed by atoms with Crippen LogP contribution in [0.3, 0.4) is 0 Å². The molecule has 0 saturated carbocycles. The average Bonchev–Trinajstić information content (AvgIpc) is 1.90. The SMILES string of the molecule is N#CC(CCC(=O)O)=[N+]=[N-]. The highest BCUT2D eigenvalue weighted by Crippen LogP contribution is 1.88. The van der Waals surface area contributed by atoms with Crippen LogP contribution in [0, 0.1) is 11.3 Å². The summed E-state index contributed by atoms with van der Waals surface area (Å²) in [6.07, 6.45) is -0.213. The molecule has 0 aliphatic carbocycles. The smallest absolute Gasteiger partial charge is 0.368 e. The summed E-state index contributed by atoms with van der Waals surface area (Å²) in [6.45, 7) is 0. The van der Waals surface area contributed by atoms with Gasteiger partial charge in [0.2, 0.25) is 0 Å². The predicted molar refractivity (Wildman–Crippen MR) is 31.1 cm³/mol. The maximum Gasteiger partial charge on any atom is 0.368 e. The third-order valence-electron chi connectivity index (χ3n) is 0.825. The van der Waals surface area contributed by atoms with Crippen molar-refractivity contribution in [2.24, 2.45) is 0 Å². The normalized spacial score (nSPS) is 7.50. The van der Waals surface area contributed by atoms with E-state index < -0.39 is 5.97 Å². The van der Waals surface area contributed by atoms with E-state index in [0.717, 1.165) is 0 Å². The zero-order chi connectivity index (χ0) is 7.98. The van der Waals surface area contributed by atoms with Crippen LogP contribution < -0.4 is 0 Å². The Balaban J connectivity index is 3.82. The molecule has 0 fully saturated rings. The lowest BCUT2D eigenvalue weighted by Gasteiger charge is -1.82. The summed E-state index contributed by atoms with van der Waals surface area (Å²) in [7, 11) is 0. The molecule has 0 aliphatic heterocycles. The maximum atomic E-state index is 9.89. The van der Waals surface area contributed by atoms with Crippen molar-refractivity contribution in [3.63, 3.8) is 0 Å². The molecule has 0 aliphatic rings. The molecule has 0 radical (unpaired) electrons. The first-order valence-corrected chi connectivity index (χ1v) is 2.53. The molecule has 52 valence electrons. The molecule has 0 saturated heterocycles. The fourth-order valence-corrected chi connectivity index (χ4v) is 0.354. The Bertz CT molecular complexity index is 222. The molecule has 0 heterocycles. The third kappa shape index (κ3) is 3.36. The van der Waals surface area contributed by atoms with Gasteiger partial charge in [-0.1, -0.05) is 0 Å². The van der Waals surface area contributed by atoms with Crippen LogP contribution in [-0.2, 0) is 4.79 Å². The first-order valence-electron chi connectivity index (χ1n) is 2.53. The molecule has 0 rings (SSSR count). The predicted octanol–water partition coefficient (Wildman–Crippen LogP) is 0.0456. The summed E-state index contributed by atoms with van der Waals surface area (Å²) in [4.78, 5) is 12.5. The summed E-state index contributed by atoms with van der Waals surface area (Å²) < 4.78 is 0. The van der Waals surface area contributed by atoms with Crippen LogP contribution in [0.15, 0.2) is 0 Å². The second kappa shape index (κ2) is 4.24. The molecule has 1 N–H and O–H groups in total. The molecular formula is C5H5N3O2. The first kappa shape index (κ1) is 8.34. The fourth-order valence-electron chi connectivity index (χ4n) is 0.354. The number of nitriles is 1. The summed E-state index contributed by atoms with van der Waals surface area (Å²) in [5, 5.41) is 16.2. The number of carbonyl (C=O) groups is 1. The maximum absolute atomic E-state index is 9.89. The number of rotatable bonds is 3. The van der Waals surface area contributed by atoms with Crippen molar-refractivity contribution in [1.29, 1.82) is 5.26 Å². The van der Waals surface area contributed by atoms with Gasteiger partial charge in [-0.3, -0.25) is 4.79 Å². The van der Waals surface area contributed by atoms with E-state index in [1.807, 2.05) is 0 Å². The molecule has 0 bridgehead atoms. The Hall–Kier alpha value is -1.66. The van der Waals surface area contributed by atoms with Crippen LogP contribution in [0.4, 0.5) is 0 Å². The molecule has 0 aromatic rings. The molecular weight excluding hydrogens is 134 g/mol. The molecule has 0 amide bonds. The zero-order valence-electron chi connectivity index (χ0n) is 5.11. The fraction of sp³-hybridized carbons (Fsp3) is 0.400. The number of carboxylic acids is 1. The van der Waals surface area contributed by atoms with Gasteiger partial charge >= 0.3 is 11.7 Å². The summed E-state index contributed by atoms with van der Waals surface area (Å²) in [5.41, 5.74) is 7.85. The average molecular weight is 139 g/mol. The van der Waals surface area contributed by atoms with Gasteiger partial charge in [0.05, 0.1) is 12.8 Å². The van der Waals surface area contributed by atoms with E-state index in [9.17, 15) is 4.79 Å². The van der Waals surface area contributed by atoms with Crippen molar-refractivity contribution < 1.29 is 14.7 Å². The zero-order valence-corrected chi connectivity index (χ0v) is 5.11. The van der Waals surface area contributed by atoms with E-state index >= 15 is 0 Å². The Labute approximate surface area is 57.1 Å². The van der Waals surface area contributed by atoms with Gasteiger partial charge < -0.3 is 10.6 Å². The summed E-state index contributed by atoms with van der Waals surface area (Å²) >= 11 is 0. The highest BCUT2D eigenvalue weighted by Gasteiger charge is 2.08. The van der Waals surface area contributed by atoms with Crippen molar-refractivity contribution in [1.82, 2.24) is 0 Å². The third-order valence-corrected chi connectivity index (χ3v) is 0.825. The standard InChI is InChI=1S/C5H5N3O2/c6-3-4(8-7)1-2-5(9)10/h1-2H2,(H,9,10). The summed E-state index contributed by atoms with van der Waals surface area (Å²) in [6, 6.07) is 1.54. The first-order chi connectivity index (χ1) is 4.70. The largest absolute Gasteiger partial charge is 0.481 e. The van der Waals surface area contributed by atoms with E-state index in [1.54, 1.807) is 6.07 Å². The lowest BCUT2D eigenvalue weighted by atomic mass is 10.2. The van der Waals surface area contributed by atoms with Gasteiger partial charge in [0.15, 0.2) is 6.07 Å². The van der Waals surface area contributed by atoms with E-state index in [-0.39, 0.29) is 18.6 Å². The van der Waals surface area contributed by atoms with Gasteiger partial charge in [-0.25, -0.2) is 0 Å². The van der Waals surface area contributed by atoms with Crippen molar-refractivity contribution in [3.05, 3.63) is 5.53 Å². The number of carboxylic acid groups (broad SMARTS) is 1. The van der Waals surface area contributed by atoms with Crippen LogP contribution in [0.5, 0.6) is 0 Å². The molecule has 0 spiro atoms. The minimum absolute atomic E-state index is 0.0255. The van der Waals surface area contributed by atoms with Crippen LogP contribution in [-0.4, -0.2) is 21.6 Å². The lowest BCUT2D eigenvalue weighted by molar-refractivity contribution is -0.137. The van der Waals surface area contributed by atoms with Crippen LogP contribution in [0.1, 0.15) is 12.8 Å². The van der Waals surface area contributed by atoms with Gasteiger partial charge in [0.25, 0.3) is 0 Å². The molecule has 0 atom stereocenters. The van der Waals surface area contributed by atoms with E-state index in [2.05, 4.69) is 4.79 Å². The Morgan fingerprint density at radius 3 is 2.60 bits per heavy atom. The number of nitrogens with zero attached hydrogens (tertiary/aromatic N) is 3. The Kier molecular flexibility index (Phi) is 3.54. The molecule has 5 heteroatoms. The van der Waals surface area contributed by atoms with Gasteiger partial charge in [0, 0.05) is 0 Å². The van der Waals surface area contributed by atoms with Crippen LogP contribution in [0.25, 0.3) is 5.53 Å². The molecule has 10 heavy (non-hydrogen) atoms. The van der Waals surface area contributed by atoms with Gasteiger partial charge in [0.1, 0.15) is 0 Å². The quantitative estimate of drug-likeness (QED) is 0.339. The summed E-state index contributed by atoms with van der Waals surface area (Å²) in [5.74, 6) is -1.02. The highest BCUT2D eigenvalue weighted by atomic mass is 16.4. The number of aliphatic carboxylic acids is 1.